The van der Waals surface area contributed by atoms with Crippen molar-refractivity contribution in [1.82, 2.24) is 15.5 Å². The second-order valence-electron chi connectivity index (χ2n) is 12.8. The number of hydrogen-bond acceptors (Lipinski definition) is 7. The predicted octanol–water partition coefficient (Wildman–Crippen LogP) is 4.65. The minimum absolute atomic E-state index is 0.0494. The maximum Gasteiger partial charge on any atom is 0.410 e. The van der Waals surface area contributed by atoms with Crippen molar-refractivity contribution in [3.63, 3.8) is 0 Å². The molecule has 1 aliphatic rings. The normalized spacial score (nSPS) is 16.4. The molecular weight excluding hydrogens is 526 g/mol. The number of aryl methyl sites for hydroxylation is 1. The van der Waals surface area contributed by atoms with E-state index < -0.39 is 29.1 Å². The molecule has 0 spiro atoms. The van der Waals surface area contributed by atoms with Gasteiger partial charge in [-0.2, -0.15) is 0 Å². The molecule has 0 aromatic heterocycles. The van der Waals surface area contributed by atoms with E-state index in [0.717, 1.165) is 30.4 Å². The summed E-state index contributed by atoms with van der Waals surface area (Å²) < 4.78 is 16.7. The van der Waals surface area contributed by atoms with E-state index in [-0.39, 0.29) is 31.4 Å². The third-order valence-electron chi connectivity index (χ3n) is 6.49. The van der Waals surface area contributed by atoms with Crippen LogP contribution in [0.3, 0.4) is 0 Å². The first-order valence-electron chi connectivity index (χ1n) is 14.5. The van der Waals surface area contributed by atoms with Gasteiger partial charge in [-0.05, 0) is 104 Å². The number of nitrogens with zero attached hydrogens (tertiary/aromatic N) is 1. The molecule has 1 aromatic rings. The van der Waals surface area contributed by atoms with Crippen LogP contribution in [-0.4, -0.2) is 65.7 Å². The third-order valence-corrected chi connectivity index (χ3v) is 6.49. The maximum atomic E-state index is 12.6. The van der Waals surface area contributed by atoms with Crippen LogP contribution in [0.15, 0.2) is 18.2 Å². The molecule has 0 saturated carbocycles. The zero-order valence-electron chi connectivity index (χ0n) is 26.1. The molecule has 10 nitrogen and oxygen atoms in total. The molecule has 0 bridgehead atoms. The van der Waals surface area contributed by atoms with Gasteiger partial charge in [0.1, 0.15) is 23.0 Å². The zero-order chi connectivity index (χ0) is 30.8. The fourth-order valence-electron chi connectivity index (χ4n) is 4.39. The molecule has 1 saturated heterocycles. The lowest BCUT2D eigenvalue weighted by molar-refractivity contribution is -0.155. The smallest absolute Gasteiger partial charge is 0.410 e. The summed E-state index contributed by atoms with van der Waals surface area (Å²) in [6, 6.07) is 5.01. The summed E-state index contributed by atoms with van der Waals surface area (Å²) in [5.74, 6) is -0.112. The van der Waals surface area contributed by atoms with E-state index in [1.165, 1.54) is 0 Å². The van der Waals surface area contributed by atoms with Crippen molar-refractivity contribution in [2.75, 3.05) is 19.7 Å². The second kappa shape index (κ2) is 15.1. The highest BCUT2D eigenvalue weighted by Gasteiger charge is 2.27. The van der Waals surface area contributed by atoms with Gasteiger partial charge in [-0.1, -0.05) is 6.07 Å². The summed E-state index contributed by atoms with van der Waals surface area (Å²) in [4.78, 5) is 50.8. The van der Waals surface area contributed by atoms with E-state index >= 15 is 0 Å². The number of ether oxygens (including phenoxy) is 3. The molecule has 1 unspecified atom stereocenters. The number of likely N-dealkylation sites (tertiary alicyclic amines) is 1. The Bertz CT molecular complexity index is 1060. The molecule has 0 radical (unpaired) electrons. The molecule has 1 fully saturated rings. The minimum atomic E-state index is -0.753. The molecule has 1 aromatic carbocycles. The molecule has 41 heavy (non-hydrogen) atoms. The number of carbonyl (C=O) groups is 4. The largest absolute Gasteiger partial charge is 0.494 e. The Kier molecular flexibility index (Phi) is 12.5. The van der Waals surface area contributed by atoms with E-state index in [9.17, 15) is 19.2 Å². The number of rotatable bonds is 11. The molecule has 1 aliphatic heterocycles. The highest BCUT2D eigenvalue weighted by molar-refractivity contribution is 5.88. The van der Waals surface area contributed by atoms with Crippen molar-refractivity contribution < 1.29 is 33.4 Å². The Morgan fingerprint density at radius 2 is 1.71 bits per heavy atom. The number of esters is 1. The summed E-state index contributed by atoms with van der Waals surface area (Å²) in [5.41, 5.74) is 0.798. The standard InChI is InChI=1S/C31H49N3O7/c1-21-11-12-25(39-17-15-23-10-9-16-34(20-23)29(38)41-31(6,7)8)18-24(21)19-32-28(37)22(2)33-26(35)13-14-27(36)40-30(3,4)5/h11-12,18,22-23H,9-10,13-17,19-20H2,1-8H3,(H,32,37)(H,33,35)/t22-,23?/m0/s1. The molecule has 1 heterocycles. The molecule has 3 amide bonds. The van der Waals surface area contributed by atoms with Gasteiger partial charge in [0.25, 0.3) is 0 Å². The van der Waals surface area contributed by atoms with Crippen LogP contribution in [0.25, 0.3) is 0 Å². The average molecular weight is 576 g/mol. The van der Waals surface area contributed by atoms with Crippen LogP contribution in [0, 0.1) is 12.8 Å². The van der Waals surface area contributed by atoms with Crippen molar-refractivity contribution in [2.45, 2.75) is 111 Å². The van der Waals surface area contributed by atoms with Gasteiger partial charge in [0.2, 0.25) is 11.8 Å². The van der Waals surface area contributed by atoms with E-state index in [0.29, 0.717) is 31.4 Å². The number of carbonyl (C=O) groups excluding carboxylic acids is 4. The molecule has 230 valence electrons. The average Bonchev–Trinajstić information content (AvgIpc) is 2.85. The van der Waals surface area contributed by atoms with Gasteiger partial charge in [0.05, 0.1) is 13.0 Å². The number of hydrogen-bond donors (Lipinski definition) is 2. The Morgan fingerprint density at radius 1 is 1.02 bits per heavy atom. The van der Waals surface area contributed by atoms with E-state index in [4.69, 9.17) is 14.2 Å². The van der Waals surface area contributed by atoms with Gasteiger partial charge >= 0.3 is 12.1 Å². The highest BCUT2D eigenvalue weighted by Crippen LogP contribution is 2.23. The summed E-state index contributed by atoms with van der Waals surface area (Å²) in [5, 5.41) is 5.48. The lowest BCUT2D eigenvalue weighted by Gasteiger charge is -2.34. The molecule has 2 rings (SSSR count). The van der Waals surface area contributed by atoms with Crippen LogP contribution in [0.4, 0.5) is 4.79 Å². The van der Waals surface area contributed by atoms with Crippen molar-refractivity contribution >= 4 is 23.9 Å². The lowest BCUT2D eigenvalue weighted by Crippen LogP contribution is -2.44. The van der Waals surface area contributed by atoms with Crippen LogP contribution in [0.2, 0.25) is 0 Å². The highest BCUT2D eigenvalue weighted by atomic mass is 16.6. The SMILES string of the molecule is Cc1ccc(OCCC2CCCN(C(=O)OC(C)(C)C)C2)cc1CNC(=O)[C@H](C)NC(=O)CCC(=O)OC(C)(C)C. The van der Waals surface area contributed by atoms with Gasteiger partial charge in [0, 0.05) is 26.1 Å². The van der Waals surface area contributed by atoms with Crippen LogP contribution in [0.5, 0.6) is 5.75 Å². The Balaban J connectivity index is 1.77. The van der Waals surface area contributed by atoms with E-state index in [1.807, 2.05) is 45.9 Å². The molecule has 2 N–H and O–H groups in total. The summed E-state index contributed by atoms with van der Waals surface area (Å²) >= 11 is 0. The number of amides is 3. The van der Waals surface area contributed by atoms with Gasteiger partial charge in [-0.25, -0.2) is 4.79 Å². The summed E-state index contributed by atoms with van der Waals surface area (Å²) in [7, 11) is 0. The predicted molar refractivity (Wildman–Crippen MR) is 156 cm³/mol. The van der Waals surface area contributed by atoms with Crippen molar-refractivity contribution in [3.05, 3.63) is 29.3 Å². The Morgan fingerprint density at radius 3 is 2.37 bits per heavy atom. The van der Waals surface area contributed by atoms with Crippen LogP contribution >= 0.6 is 0 Å². The van der Waals surface area contributed by atoms with Crippen molar-refractivity contribution in [3.8, 4) is 5.75 Å². The van der Waals surface area contributed by atoms with E-state index in [1.54, 1.807) is 32.6 Å². The molecular formula is C31H49N3O7. The summed E-state index contributed by atoms with van der Waals surface area (Å²) in [6.07, 6.45) is 2.45. The maximum absolute atomic E-state index is 12.6. The van der Waals surface area contributed by atoms with Crippen LogP contribution < -0.4 is 15.4 Å². The Labute approximate surface area is 244 Å². The number of nitrogens with one attached hydrogen (secondary N) is 2. The Hall–Kier alpha value is -3.30. The van der Waals surface area contributed by atoms with Crippen molar-refractivity contribution in [2.24, 2.45) is 5.92 Å². The molecule has 2 atom stereocenters. The summed E-state index contributed by atoms with van der Waals surface area (Å²) in [6.45, 7) is 16.7. The van der Waals surface area contributed by atoms with Crippen LogP contribution in [-0.2, 0) is 30.4 Å². The third kappa shape index (κ3) is 13.3. The minimum Gasteiger partial charge on any atom is -0.494 e. The lowest BCUT2D eigenvalue weighted by atomic mass is 9.95. The first-order chi connectivity index (χ1) is 19.0. The topological polar surface area (TPSA) is 123 Å². The molecule has 0 aliphatic carbocycles. The first kappa shape index (κ1) is 33.9. The zero-order valence-corrected chi connectivity index (χ0v) is 26.1. The fourth-order valence-corrected chi connectivity index (χ4v) is 4.39. The van der Waals surface area contributed by atoms with Gasteiger partial charge in [-0.15, -0.1) is 0 Å². The van der Waals surface area contributed by atoms with Gasteiger partial charge in [-0.3, -0.25) is 14.4 Å². The van der Waals surface area contributed by atoms with Crippen molar-refractivity contribution in [1.29, 1.82) is 0 Å². The second-order valence-corrected chi connectivity index (χ2v) is 12.8. The molecule has 10 heteroatoms. The fraction of sp³-hybridized carbons (Fsp3) is 0.677. The number of piperidine rings is 1. The number of benzene rings is 1. The van der Waals surface area contributed by atoms with Crippen LogP contribution in [0.1, 0.15) is 91.7 Å². The van der Waals surface area contributed by atoms with Gasteiger partial charge < -0.3 is 29.7 Å². The monoisotopic (exact) mass is 575 g/mol. The van der Waals surface area contributed by atoms with Gasteiger partial charge in [0.15, 0.2) is 0 Å². The van der Waals surface area contributed by atoms with E-state index in [2.05, 4.69) is 10.6 Å². The quantitative estimate of drug-likeness (QED) is 0.368. The first-order valence-corrected chi connectivity index (χ1v) is 14.5.